The predicted molar refractivity (Wildman–Crippen MR) is 118 cm³/mol. The molecule has 10 heteroatoms. The second-order valence-electron chi connectivity index (χ2n) is 8.11. The highest BCUT2D eigenvalue weighted by Crippen LogP contribution is 2.33. The number of hydrogen-bond donors (Lipinski definition) is 4. The second kappa shape index (κ2) is 8.27. The van der Waals surface area contributed by atoms with E-state index in [4.69, 9.17) is 4.98 Å². The number of nitrogens with one attached hydrogen (secondary N) is 3. The van der Waals surface area contributed by atoms with Gasteiger partial charge in [0.1, 0.15) is 0 Å². The van der Waals surface area contributed by atoms with Crippen LogP contribution in [0.25, 0.3) is 10.2 Å². The standard InChI is InChI=1S/C21H24N6O3S/c28-19(18-22-8-9-23-18)25-14-7-10-27(11-16(14)24-12-3-1-4-12)21-26-15-6-2-5-13(20(29)30)17(15)31-21/h2,5-6,8-9,12,14,16,24H,1,3-4,7,10-11H2,(H,22,23)(H,25,28)(H,29,30). The summed E-state index contributed by atoms with van der Waals surface area (Å²) in [5, 5.41) is 17.1. The number of amides is 1. The maximum Gasteiger partial charge on any atom is 0.337 e. The highest BCUT2D eigenvalue weighted by atomic mass is 32.1. The summed E-state index contributed by atoms with van der Waals surface area (Å²) >= 11 is 1.42. The number of rotatable bonds is 6. The molecule has 1 aromatic carbocycles. The monoisotopic (exact) mass is 440 g/mol. The van der Waals surface area contributed by atoms with Crippen molar-refractivity contribution in [1.82, 2.24) is 25.6 Å². The SMILES string of the molecule is O=C(NC1CCN(c2nc3cccc(C(=O)O)c3s2)CC1NC1CCC1)c1ncc[nH]1. The molecule has 0 spiro atoms. The molecule has 1 aliphatic carbocycles. The number of thiazole rings is 1. The molecule has 162 valence electrons. The van der Waals surface area contributed by atoms with Crippen LogP contribution < -0.4 is 15.5 Å². The molecule has 2 aromatic heterocycles. The van der Waals surface area contributed by atoms with Gasteiger partial charge in [0, 0.05) is 43.6 Å². The number of carboxylic acids is 1. The van der Waals surface area contributed by atoms with E-state index >= 15 is 0 Å². The molecule has 2 fully saturated rings. The molecule has 3 heterocycles. The molecule has 1 amide bonds. The van der Waals surface area contributed by atoms with E-state index in [0.29, 0.717) is 28.6 Å². The molecule has 1 saturated heterocycles. The number of aromatic amines is 1. The van der Waals surface area contributed by atoms with Crippen molar-refractivity contribution >= 4 is 38.6 Å². The summed E-state index contributed by atoms with van der Waals surface area (Å²) < 4.78 is 0.696. The quantitative estimate of drug-likeness (QED) is 0.463. The van der Waals surface area contributed by atoms with Gasteiger partial charge in [-0.3, -0.25) is 4.79 Å². The summed E-state index contributed by atoms with van der Waals surface area (Å²) in [6, 6.07) is 5.73. The van der Waals surface area contributed by atoms with E-state index in [1.54, 1.807) is 24.5 Å². The van der Waals surface area contributed by atoms with E-state index in [1.165, 1.54) is 17.8 Å². The van der Waals surface area contributed by atoms with Gasteiger partial charge in [0.2, 0.25) is 0 Å². The largest absolute Gasteiger partial charge is 0.478 e. The number of anilines is 1. The van der Waals surface area contributed by atoms with Crippen LogP contribution in [0.2, 0.25) is 0 Å². The summed E-state index contributed by atoms with van der Waals surface area (Å²) in [6.07, 6.45) is 7.50. The topological polar surface area (TPSA) is 123 Å². The number of H-pyrrole nitrogens is 1. The number of nitrogens with zero attached hydrogens (tertiary/aromatic N) is 3. The fourth-order valence-electron chi connectivity index (χ4n) is 4.21. The van der Waals surface area contributed by atoms with Crippen molar-refractivity contribution in [3.8, 4) is 0 Å². The molecule has 9 nitrogen and oxygen atoms in total. The Labute approximate surface area is 182 Å². The van der Waals surface area contributed by atoms with Gasteiger partial charge in [-0.2, -0.15) is 0 Å². The Balaban J connectivity index is 1.36. The molecule has 1 aliphatic heterocycles. The van der Waals surface area contributed by atoms with E-state index < -0.39 is 5.97 Å². The summed E-state index contributed by atoms with van der Waals surface area (Å²) in [5.74, 6) is -0.822. The molecular formula is C21H24N6O3S. The molecule has 0 radical (unpaired) electrons. The number of carboxylic acid groups (broad SMARTS) is 1. The smallest absolute Gasteiger partial charge is 0.337 e. The van der Waals surface area contributed by atoms with Crippen molar-refractivity contribution < 1.29 is 14.7 Å². The van der Waals surface area contributed by atoms with E-state index in [0.717, 1.165) is 30.9 Å². The first kappa shape index (κ1) is 20.0. The van der Waals surface area contributed by atoms with E-state index in [9.17, 15) is 14.7 Å². The Morgan fingerprint density at radius 3 is 2.81 bits per heavy atom. The molecular weight excluding hydrogens is 416 g/mol. The number of benzene rings is 1. The van der Waals surface area contributed by atoms with Crippen LogP contribution in [0, 0.1) is 0 Å². The summed E-state index contributed by atoms with van der Waals surface area (Å²) in [4.78, 5) is 37.9. The maximum atomic E-state index is 12.5. The molecule has 3 aromatic rings. The zero-order valence-corrected chi connectivity index (χ0v) is 17.7. The Kier molecular flexibility index (Phi) is 5.33. The van der Waals surface area contributed by atoms with Crippen molar-refractivity contribution in [2.24, 2.45) is 0 Å². The molecule has 2 aliphatic rings. The van der Waals surface area contributed by atoms with Gasteiger partial charge in [0.15, 0.2) is 11.0 Å². The second-order valence-corrected chi connectivity index (χ2v) is 9.09. The number of imidazole rings is 1. The Morgan fingerprint density at radius 1 is 1.23 bits per heavy atom. The minimum atomic E-state index is -0.940. The lowest BCUT2D eigenvalue weighted by Crippen LogP contribution is -2.62. The van der Waals surface area contributed by atoms with Gasteiger partial charge in [-0.05, 0) is 31.4 Å². The zero-order valence-electron chi connectivity index (χ0n) is 16.9. The predicted octanol–water partition coefficient (Wildman–Crippen LogP) is 2.24. The minimum Gasteiger partial charge on any atom is -0.478 e. The zero-order chi connectivity index (χ0) is 21.4. The van der Waals surface area contributed by atoms with E-state index in [-0.39, 0.29) is 23.6 Å². The number of carbonyl (C=O) groups excluding carboxylic acids is 1. The number of hydrogen-bond acceptors (Lipinski definition) is 7. The van der Waals surface area contributed by atoms with Gasteiger partial charge < -0.3 is 25.6 Å². The third kappa shape index (κ3) is 4.00. The third-order valence-electron chi connectivity index (χ3n) is 6.10. The Morgan fingerprint density at radius 2 is 2.10 bits per heavy atom. The lowest BCUT2D eigenvalue weighted by Gasteiger charge is -2.42. The molecule has 2 atom stereocenters. The average Bonchev–Trinajstić information content (AvgIpc) is 3.41. The fraction of sp³-hybridized carbons (Fsp3) is 0.429. The van der Waals surface area contributed by atoms with Crippen molar-refractivity contribution in [3.05, 3.63) is 42.0 Å². The van der Waals surface area contributed by atoms with Crippen molar-refractivity contribution in [2.75, 3.05) is 18.0 Å². The van der Waals surface area contributed by atoms with Crippen molar-refractivity contribution in [3.63, 3.8) is 0 Å². The third-order valence-corrected chi connectivity index (χ3v) is 7.27. The molecule has 31 heavy (non-hydrogen) atoms. The molecule has 1 saturated carbocycles. The highest BCUT2D eigenvalue weighted by molar-refractivity contribution is 7.22. The number of aromatic carboxylic acids is 1. The fourth-order valence-corrected chi connectivity index (χ4v) is 5.32. The van der Waals surface area contributed by atoms with Gasteiger partial charge >= 0.3 is 5.97 Å². The van der Waals surface area contributed by atoms with Crippen LogP contribution in [0.5, 0.6) is 0 Å². The van der Waals surface area contributed by atoms with Crippen molar-refractivity contribution in [2.45, 2.75) is 43.8 Å². The average molecular weight is 441 g/mol. The van der Waals surface area contributed by atoms with Gasteiger partial charge in [-0.15, -0.1) is 0 Å². The van der Waals surface area contributed by atoms with E-state index in [1.807, 2.05) is 6.07 Å². The van der Waals surface area contributed by atoms with Crippen LogP contribution in [0.1, 0.15) is 46.7 Å². The Hall–Kier alpha value is -2.98. The molecule has 0 bridgehead atoms. The normalized spacial score (nSPS) is 21.7. The maximum absolute atomic E-state index is 12.5. The van der Waals surface area contributed by atoms with E-state index in [2.05, 4.69) is 25.5 Å². The minimum absolute atomic E-state index is 0.0154. The van der Waals surface area contributed by atoms with Crippen LogP contribution in [0.3, 0.4) is 0 Å². The molecule has 5 rings (SSSR count). The first-order chi connectivity index (χ1) is 15.1. The lowest BCUT2D eigenvalue weighted by molar-refractivity contribution is 0.0699. The highest BCUT2D eigenvalue weighted by Gasteiger charge is 2.34. The van der Waals surface area contributed by atoms with Crippen LogP contribution in [0.4, 0.5) is 5.13 Å². The van der Waals surface area contributed by atoms with Gasteiger partial charge in [0.05, 0.1) is 15.8 Å². The Bertz CT molecular complexity index is 1090. The molecule has 2 unspecified atom stereocenters. The first-order valence-corrected chi connectivity index (χ1v) is 11.3. The van der Waals surface area contributed by atoms with Crippen LogP contribution >= 0.6 is 11.3 Å². The van der Waals surface area contributed by atoms with Gasteiger partial charge in [-0.1, -0.05) is 23.8 Å². The summed E-state index contributed by atoms with van der Waals surface area (Å²) in [7, 11) is 0. The number of fused-ring (bicyclic) bond motifs is 1. The first-order valence-electron chi connectivity index (χ1n) is 10.5. The summed E-state index contributed by atoms with van der Waals surface area (Å²) in [5.41, 5.74) is 0.989. The van der Waals surface area contributed by atoms with Crippen LogP contribution in [-0.2, 0) is 0 Å². The van der Waals surface area contributed by atoms with Crippen LogP contribution in [0.15, 0.2) is 30.6 Å². The number of piperidine rings is 1. The lowest BCUT2D eigenvalue weighted by atomic mass is 9.90. The molecule has 4 N–H and O–H groups in total. The number of aromatic nitrogens is 3. The van der Waals surface area contributed by atoms with Crippen LogP contribution in [-0.4, -0.2) is 63.1 Å². The summed E-state index contributed by atoms with van der Waals surface area (Å²) in [6.45, 7) is 1.43. The van der Waals surface area contributed by atoms with Gasteiger partial charge in [-0.25, -0.2) is 14.8 Å². The number of carbonyl (C=O) groups is 2. The van der Waals surface area contributed by atoms with Crippen molar-refractivity contribution in [1.29, 1.82) is 0 Å². The van der Waals surface area contributed by atoms with Gasteiger partial charge in [0.25, 0.3) is 5.91 Å².